The molecule has 41 heavy (non-hydrogen) atoms. The molecule has 2 N–H and O–H groups in total. The Hall–Kier alpha value is -3.99. The first kappa shape index (κ1) is 30.0. The van der Waals surface area contributed by atoms with Gasteiger partial charge in [-0.25, -0.2) is 22.8 Å². The smallest absolute Gasteiger partial charge is 0.148 e. The molecular weight excluding hydrogens is 567 g/mol. The number of anilines is 2. The molecule has 2 heterocycles. The van der Waals surface area contributed by atoms with Crippen molar-refractivity contribution in [1.82, 2.24) is 15.3 Å². The van der Waals surface area contributed by atoms with Crippen LogP contribution in [0.2, 0.25) is 5.02 Å². The first-order valence-corrected chi connectivity index (χ1v) is 14.8. The van der Waals surface area contributed by atoms with E-state index in [0.717, 1.165) is 16.5 Å². The van der Waals surface area contributed by atoms with Crippen molar-refractivity contribution in [1.29, 1.82) is 0 Å². The van der Waals surface area contributed by atoms with Crippen molar-refractivity contribution in [2.75, 3.05) is 23.9 Å². The molecule has 0 aliphatic heterocycles. The highest BCUT2D eigenvalue weighted by atomic mass is 35.5. The summed E-state index contributed by atoms with van der Waals surface area (Å²) >= 11 is 6.47. The maximum atomic E-state index is 13.4. The van der Waals surface area contributed by atoms with E-state index in [1.54, 1.807) is 24.3 Å². The number of rotatable bonds is 11. The average Bonchev–Trinajstić information content (AvgIpc) is 3.39. The Bertz CT molecular complexity index is 1760. The number of nitrogens with one attached hydrogen (secondary N) is 2. The predicted octanol–water partition coefficient (Wildman–Crippen LogP) is 6.78. The van der Waals surface area contributed by atoms with E-state index in [9.17, 15) is 12.8 Å². The van der Waals surface area contributed by atoms with Crippen molar-refractivity contribution in [3.63, 3.8) is 0 Å². The number of benzene rings is 3. The van der Waals surface area contributed by atoms with E-state index in [1.807, 2.05) is 36.4 Å². The van der Waals surface area contributed by atoms with E-state index in [4.69, 9.17) is 20.8 Å². The normalized spacial score (nSPS) is 11.3. The Morgan fingerprint density at radius 1 is 1.02 bits per heavy atom. The van der Waals surface area contributed by atoms with Crippen LogP contribution >= 0.6 is 11.6 Å². The van der Waals surface area contributed by atoms with Crippen LogP contribution in [0.25, 0.3) is 22.2 Å². The monoisotopic (exact) mass is 596 g/mol. The molecule has 2 aromatic heterocycles. The summed E-state index contributed by atoms with van der Waals surface area (Å²) in [5.74, 6) is 2.17. The van der Waals surface area contributed by atoms with Gasteiger partial charge in [0.1, 0.15) is 51.7 Å². The molecular formula is C30H30ClFN4O4S. The first-order valence-electron chi connectivity index (χ1n) is 12.4. The number of fused-ring (bicyclic) bond motifs is 1. The summed E-state index contributed by atoms with van der Waals surface area (Å²) in [6.45, 7) is 0.956. The van der Waals surface area contributed by atoms with E-state index in [-0.39, 0.29) is 25.6 Å². The average molecular weight is 597 g/mol. The number of halogens is 2. The van der Waals surface area contributed by atoms with Crippen molar-refractivity contribution in [3.8, 4) is 17.1 Å². The largest absolute Gasteiger partial charge is 0.487 e. The van der Waals surface area contributed by atoms with Gasteiger partial charge in [0.2, 0.25) is 0 Å². The number of nitrogens with zero attached hydrogens (tertiary/aromatic N) is 2. The lowest BCUT2D eigenvalue weighted by Crippen LogP contribution is -2.21. The molecule has 0 unspecified atom stereocenters. The van der Waals surface area contributed by atoms with Gasteiger partial charge >= 0.3 is 0 Å². The summed E-state index contributed by atoms with van der Waals surface area (Å²) in [6, 6.07) is 21.0. The van der Waals surface area contributed by atoms with Gasteiger partial charge in [0.15, 0.2) is 0 Å². The molecule has 0 aliphatic carbocycles. The molecule has 11 heteroatoms. The zero-order chi connectivity index (χ0) is 28.1. The fourth-order valence-electron chi connectivity index (χ4n) is 4.03. The van der Waals surface area contributed by atoms with Crippen LogP contribution < -0.4 is 15.4 Å². The zero-order valence-electron chi connectivity index (χ0n) is 21.5. The fourth-order valence-corrected chi connectivity index (χ4v) is 4.78. The van der Waals surface area contributed by atoms with Gasteiger partial charge in [-0.1, -0.05) is 31.2 Å². The third-order valence-corrected chi connectivity index (χ3v) is 7.25. The molecule has 0 bridgehead atoms. The SMILES string of the molecule is C.CS(=O)(=O)CCNCc1ccc(-c2ccc3ncnc(Nc4ccc(OCc5cccc(F)c5)c(Cl)c4)c3c2)o1. The lowest BCUT2D eigenvalue weighted by Gasteiger charge is -2.12. The Kier molecular flexibility index (Phi) is 9.59. The maximum Gasteiger partial charge on any atom is 0.148 e. The standard InChI is InChI=1S/C29H26ClFN4O4S.CH4/c1-40(36,37)12-11-32-16-23-7-10-27(39-23)20-5-8-26-24(14-20)29(34-18-33-26)35-22-6-9-28(25(30)15-22)38-17-19-3-2-4-21(31)13-19;/h2-10,13-15,18,32H,11-12,16-17H2,1H3,(H,33,34,35);1H4. The molecule has 5 aromatic rings. The highest BCUT2D eigenvalue weighted by Gasteiger charge is 2.11. The van der Waals surface area contributed by atoms with Crippen molar-refractivity contribution in [2.45, 2.75) is 20.6 Å². The quantitative estimate of drug-likeness (QED) is 0.161. The van der Waals surface area contributed by atoms with E-state index in [0.29, 0.717) is 52.5 Å². The number of sulfone groups is 1. The predicted molar refractivity (Wildman–Crippen MR) is 161 cm³/mol. The van der Waals surface area contributed by atoms with Crippen LogP contribution in [0.3, 0.4) is 0 Å². The summed E-state index contributed by atoms with van der Waals surface area (Å²) in [7, 11) is -3.02. The number of aromatic nitrogens is 2. The van der Waals surface area contributed by atoms with Gasteiger partial charge in [-0.3, -0.25) is 0 Å². The Morgan fingerprint density at radius 2 is 1.88 bits per heavy atom. The van der Waals surface area contributed by atoms with Crippen LogP contribution in [0.1, 0.15) is 18.8 Å². The molecule has 5 rings (SSSR count). The highest BCUT2D eigenvalue weighted by Crippen LogP contribution is 2.32. The molecule has 0 aliphatic rings. The number of ether oxygens (including phenoxy) is 1. The lowest BCUT2D eigenvalue weighted by molar-refractivity contribution is 0.306. The van der Waals surface area contributed by atoms with Crippen LogP contribution in [-0.4, -0.2) is 36.9 Å². The summed E-state index contributed by atoms with van der Waals surface area (Å²) in [5, 5.41) is 7.56. The number of furan rings is 1. The molecule has 0 spiro atoms. The van der Waals surface area contributed by atoms with Crippen molar-refractivity contribution in [3.05, 3.63) is 101 Å². The van der Waals surface area contributed by atoms with Gasteiger partial charge in [-0.2, -0.15) is 0 Å². The van der Waals surface area contributed by atoms with Crippen LogP contribution in [0, 0.1) is 5.82 Å². The van der Waals surface area contributed by atoms with Gasteiger partial charge in [-0.05, 0) is 66.2 Å². The fraction of sp³-hybridized carbons (Fsp3) is 0.200. The molecule has 0 saturated heterocycles. The second-order valence-corrected chi connectivity index (χ2v) is 11.9. The van der Waals surface area contributed by atoms with Gasteiger partial charge in [-0.15, -0.1) is 0 Å². The second kappa shape index (κ2) is 13.1. The van der Waals surface area contributed by atoms with Crippen LogP contribution in [-0.2, 0) is 23.0 Å². The van der Waals surface area contributed by atoms with Crippen LogP contribution in [0.5, 0.6) is 5.75 Å². The van der Waals surface area contributed by atoms with Crippen LogP contribution in [0.15, 0.2) is 83.5 Å². The molecule has 0 radical (unpaired) electrons. The van der Waals surface area contributed by atoms with Gasteiger partial charge in [0, 0.05) is 29.4 Å². The lowest BCUT2D eigenvalue weighted by atomic mass is 10.1. The zero-order valence-corrected chi connectivity index (χ0v) is 23.1. The Labute approximate surface area is 243 Å². The third kappa shape index (κ3) is 8.03. The molecule has 0 fully saturated rings. The molecule has 3 aromatic carbocycles. The second-order valence-electron chi connectivity index (χ2n) is 9.22. The number of hydrogen-bond acceptors (Lipinski definition) is 8. The summed E-state index contributed by atoms with van der Waals surface area (Å²) in [4.78, 5) is 8.80. The summed E-state index contributed by atoms with van der Waals surface area (Å²) < 4.78 is 47.8. The number of hydrogen-bond donors (Lipinski definition) is 2. The van der Waals surface area contributed by atoms with Crippen molar-refractivity contribution >= 4 is 43.8 Å². The Morgan fingerprint density at radius 3 is 2.66 bits per heavy atom. The van der Waals surface area contributed by atoms with E-state index < -0.39 is 9.84 Å². The minimum Gasteiger partial charge on any atom is -0.487 e. The molecule has 0 saturated carbocycles. The van der Waals surface area contributed by atoms with E-state index in [1.165, 1.54) is 24.7 Å². The van der Waals surface area contributed by atoms with Gasteiger partial charge in [0.05, 0.1) is 22.8 Å². The summed E-state index contributed by atoms with van der Waals surface area (Å²) in [5.41, 5.74) is 2.99. The van der Waals surface area contributed by atoms with E-state index >= 15 is 0 Å². The highest BCUT2D eigenvalue weighted by molar-refractivity contribution is 7.90. The summed E-state index contributed by atoms with van der Waals surface area (Å²) in [6.07, 6.45) is 2.69. The van der Waals surface area contributed by atoms with Crippen molar-refractivity contribution < 1.29 is 22.0 Å². The molecule has 8 nitrogen and oxygen atoms in total. The van der Waals surface area contributed by atoms with Gasteiger partial charge in [0.25, 0.3) is 0 Å². The Balaban J connectivity index is 0.00000387. The first-order chi connectivity index (χ1) is 19.2. The minimum atomic E-state index is -3.02. The van der Waals surface area contributed by atoms with Crippen LogP contribution in [0.4, 0.5) is 15.9 Å². The van der Waals surface area contributed by atoms with E-state index in [2.05, 4.69) is 20.6 Å². The minimum absolute atomic E-state index is 0. The van der Waals surface area contributed by atoms with Crippen molar-refractivity contribution in [2.24, 2.45) is 0 Å². The molecule has 0 amide bonds. The maximum absolute atomic E-state index is 13.4. The molecule has 0 atom stereocenters. The van der Waals surface area contributed by atoms with Gasteiger partial charge < -0.3 is 19.8 Å². The topological polar surface area (TPSA) is 106 Å². The molecule has 214 valence electrons. The third-order valence-electron chi connectivity index (χ3n) is 6.01.